The molecule has 3 N–H and O–H groups in total. The number of piperidine rings is 1. The molecule has 3 heterocycles. The molecule has 158 valence electrons. The van der Waals surface area contributed by atoms with Crippen LogP contribution in [0.2, 0.25) is 5.02 Å². The number of benzene rings is 1. The van der Waals surface area contributed by atoms with Crippen molar-refractivity contribution in [2.24, 2.45) is 5.73 Å². The van der Waals surface area contributed by atoms with Crippen molar-refractivity contribution in [3.8, 4) is 0 Å². The second-order valence-corrected chi connectivity index (χ2v) is 7.99. The summed E-state index contributed by atoms with van der Waals surface area (Å²) in [7, 11) is 1.27. The lowest BCUT2D eigenvalue weighted by Gasteiger charge is -2.31. The Morgan fingerprint density at radius 3 is 2.87 bits per heavy atom. The number of aromatic nitrogens is 3. The molecule has 3 aromatic rings. The summed E-state index contributed by atoms with van der Waals surface area (Å²) in [5.41, 5.74) is 8.44. The minimum absolute atomic E-state index is 0.0433. The summed E-state index contributed by atoms with van der Waals surface area (Å²) in [6, 6.07) is 7.58. The highest BCUT2D eigenvalue weighted by Gasteiger charge is 2.27. The molecule has 1 atom stereocenters. The van der Waals surface area contributed by atoms with E-state index in [9.17, 15) is 9.59 Å². The number of nitrogens with two attached hydrogens (primary N) is 1. The zero-order chi connectivity index (χ0) is 21.4. The van der Waals surface area contributed by atoms with Gasteiger partial charge in [0, 0.05) is 36.1 Å². The number of hydrogen-bond acceptors (Lipinski definition) is 6. The van der Waals surface area contributed by atoms with Crippen LogP contribution in [-0.2, 0) is 11.2 Å². The highest BCUT2D eigenvalue weighted by molar-refractivity contribution is 6.31. The molecule has 0 bridgehead atoms. The van der Waals surface area contributed by atoms with Crippen molar-refractivity contribution in [2.45, 2.75) is 32.2 Å². The summed E-state index contributed by atoms with van der Waals surface area (Å²) >= 11 is 6.40. The van der Waals surface area contributed by atoms with Crippen molar-refractivity contribution in [3.05, 3.63) is 62.2 Å². The van der Waals surface area contributed by atoms with Crippen molar-refractivity contribution in [3.63, 3.8) is 0 Å². The summed E-state index contributed by atoms with van der Waals surface area (Å²) in [5, 5.41) is 5.37. The molecule has 0 radical (unpaired) electrons. The van der Waals surface area contributed by atoms with E-state index in [1.165, 1.54) is 11.6 Å². The van der Waals surface area contributed by atoms with Gasteiger partial charge in [-0.05, 0) is 31.4 Å². The van der Waals surface area contributed by atoms with Gasteiger partial charge in [-0.3, -0.25) is 4.79 Å². The Balaban J connectivity index is 1.95. The molecular formula is C21H24ClN5O3. The van der Waals surface area contributed by atoms with Crippen molar-refractivity contribution in [1.82, 2.24) is 14.6 Å². The van der Waals surface area contributed by atoms with E-state index in [2.05, 4.69) is 9.88 Å². The van der Waals surface area contributed by atoms with E-state index in [1.54, 1.807) is 6.92 Å². The molecule has 1 aliphatic heterocycles. The highest BCUT2D eigenvalue weighted by atomic mass is 35.5. The van der Waals surface area contributed by atoms with Crippen LogP contribution in [0.15, 0.2) is 29.1 Å². The van der Waals surface area contributed by atoms with Gasteiger partial charge in [-0.2, -0.15) is 0 Å². The highest BCUT2D eigenvalue weighted by Crippen LogP contribution is 2.30. The van der Waals surface area contributed by atoms with Crippen LogP contribution in [0, 0.1) is 6.92 Å². The third-order valence-electron chi connectivity index (χ3n) is 5.57. The third kappa shape index (κ3) is 3.57. The lowest BCUT2D eigenvalue weighted by molar-refractivity contribution is 0.0592. The maximum atomic E-state index is 13.0. The average Bonchev–Trinajstić information content (AvgIpc) is 3.12. The number of H-pyrrole nitrogens is 1. The molecule has 0 aliphatic carbocycles. The molecule has 1 aromatic carbocycles. The predicted molar refractivity (Wildman–Crippen MR) is 116 cm³/mol. The fraction of sp³-hybridized carbons (Fsp3) is 0.381. The Labute approximate surface area is 178 Å². The first kappa shape index (κ1) is 20.4. The second-order valence-electron chi connectivity index (χ2n) is 7.59. The number of fused-ring (bicyclic) bond motifs is 1. The number of carbonyl (C=O) groups is 1. The Hall–Kier alpha value is -2.84. The summed E-state index contributed by atoms with van der Waals surface area (Å²) in [6.45, 7) is 3.18. The number of carbonyl (C=O) groups excluding carboxylic acids is 1. The molecule has 0 spiro atoms. The second kappa shape index (κ2) is 8.12. The number of anilines is 1. The molecule has 9 heteroatoms. The van der Waals surface area contributed by atoms with E-state index < -0.39 is 11.5 Å². The SMILES string of the molecule is COC(=O)c1[nH]c(=O)c2c(Cc3ccccc3Cl)c(N3CCC[C@@H](N)C3)nn2c1C. The molecule has 8 nitrogen and oxygen atoms in total. The van der Waals surface area contributed by atoms with Gasteiger partial charge in [0.1, 0.15) is 11.2 Å². The van der Waals surface area contributed by atoms with Crippen LogP contribution in [-0.4, -0.2) is 46.8 Å². The van der Waals surface area contributed by atoms with Crippen LogP contribution in [0.25, 0.3) is 5.52 Å². The van der Waals surface area contributed by atoms with Crippen molar-refractivity contribution >= 4 is 28.9 Å². The van der Waals surface area contributed by atoms with Crippen LogP contribution in [0.4, 0.5) is 5.82 Å². The number of aryl methyl sites for hydroxylation is 1. The van der Waals surface area contributed by atoms with Gasteiger partial charge < -0.3 is 20.4 Å². The van der Waals surface area contributed by atoms with E-state index in [0.29, 0.717) is 35.0 Å². The largest absolute Gasteiger partial charge is 0.464 e. The van der Waals surface area contributed by atoms with Gasteiger partial charge in [-0.15, -0.1) is 5.10 Å². The monoisotopic (exact) mass is 429 g/mol. The number of methoxy groups -OCH3 is 1. The predicted octanol–water partition coefficient (Wildman–Crippen LogP) is 2.29. The number of ether oxygens (including phenoxy) is 1. The van der Waals surface area contributed by atoms with Crippen LogP contribution >= 0.6 is 11.6 Å². The lowest BCUT2D eigenvalue weighted by atomic mass is 10.0. The third-order valence-corrected chi connectivity index (χ3v) is 5.94. The number of nitrogens with zero attached hydrogens (tertiary/aromatic N) is 3. The normalized spacial score (nSPS) is 16.8. The molecule has 1 fully saturated rings. The molecule has 1 aliphatic rings. The standard InChI is InChI=1S/C21H24ClN5O3/c1-12-17(21(29)30-2)24-20(28)18-15(10-13-6-3-4-8-16(13)22)19(25-27(12)18)26-9-5-7-14(23)11-26/h3-4,6,8,14H,5,7,9-11,23H2,1-2H3,(H,24,28)/t14-/m1/s1. The Kier molecular flexibility index (Phi) is 5.53. The smallest absolute Gasteiger partial charge is 0.356 e. The topological polar surface area (TPSA) is 106 Å². The summed E-state index contributed by atoms with van der Waals surface area (Å²) < 4.78 is 6.34. The maximum absolute atomic E-state index is 13.0. The van der Waals surface area contributed by atoms with Gasteiger partial charge in [-0.1, -0.05) is 29.8 Å². The Bertz CT molecular complexity index is 1170. The van der Waals surface area contributed by atoms with E-state index in [-0.39, 0.29) is 11.7 Å². The first-order valence-corrected chi connectivity index (χ1v) is 10.2. The van der Waals surface area contributed by atoms with Gasteiger partial charge in [0.25, 0.3) is 5.56 Å². The van der Waals surface area contributed by atoms with Crippen molar-refractivity contribution in [2.75, 3.05) is 25.1 Å². The molecule has 4 rings (SSSR count). The minimum atomic E-state index is -0.615. The van der Waals surface area contributed by atoms with Gasteiger partial charge in [0.2, 0.25) is 0 Å². The number of halogens is 1. The number of nitrogens with one attached hydrogen (secondary N) is 1. The number of esters is 1. The molecule has 1 saturated heterocycles. The molecular weight excluding hydrogens is 406 g/mol. The first-order valence-electron chi connectivity index (χ1n) is 9.87. The summed E-state index contributed by atoms with van der Waals surface area (Å²) in [4.78, 5) is 29.9. The van der Waals surface area contributed by atoms with Crippen molar-refractivity contribution < 1.29 is 9.53 Å². The number of aromatic amines is 1. The van der Waals surface area contributed by atoms with E-state index >= 15 is 0 Å². The minimum Gasteiger partial charge on any atom is -0.464 e. The first-order chi connectivity index (χ1) is 14.4. The fourth-order valence-corrected chi connectivity index (χ4v) is 4.24. The zero-order valence-corrected chi connectivity index (χ0v) is 17.7. The summed E-state index contributed by atoms with van der Waals surface area (Å²) in [6.07, 6.45) is 2.34. The van der Waals surface area contributed by atoms with Crippen LogP contribution in [0.3, 0.4) is 0 Å². The Morgan fingerprint density at radius 1 is 1.40 bits per heavy atom. The maximum Gasteiger partial charge on any atom is 0.356 e. The van der Waals surface area contributed by atoms with Crippen molar-refractivity contribution in [1.29, 1.82) is 0 Å². The molecule has 2 aromatic heterocycles. The Morgan fingerprint density at radius 2 is 2.17 bits per heavy atom. The van der Waals surface area contributed by atoms with Gasteiger partial charge in [0.15, 0.2) is 5.82 Å². The van der Waals surface area contributed by atoms with Gasteiger partial charge >= 0.3 is 5.97 Å². The molecule has 0 unspecified atom stereocenters. The fourth-order valence-electron chi connectivity index (χ4n) is 4.04. The molecule has 0 saturated carbocycles. The van der Waals surface area contributed by atoms with E-state index in [1.807, 2.05) is 24.3 Å². The van der Waals surface area contributed by atoms with E-state index in [0.717, 1.165) is 30.5 Å². The van der Waals surface area contributed by atoms with Gasteiger partial charge in [-0.25, -0.2) is 9.31 Å². The average molecular weight is 430 g/mol. The number of rotatable bonds is 4. The molecule has 0 amide bonds. The lowest BCUT2D eigenvalue weighted by Crippen LogP contribution is -2.43. The van der Waals surface area contributed by atoms with Crippen LogP contribution in [0.5, 0.6) is 0 Å². The zero-order valence-electron chi connectivity index (χ0n) is 16.9. The van der Waals surface area contributed by atoms with Gasteiger partial charge in [0.05, 0.1) is 12.8 Å². The summed E-state index contributed by atoms with van der Waals surface area (Å²) in [5.74, 6) is 0.0804. The number of hydrogen-bond donors (Lipinski definition) is 2. The van der Waals surface area contributed by atoms with E-state index in [4.69, 9.17) is 27.2 Å². The molecule has 30 heavy (non-hydrogen) atoms. The quantitative estimate of drug-likeness (QED) is 0.616. The van der Waals surface area contributed by atoms with Crippen LogP contribution in [0.1, 0.15) is 40.2 Å². The van der Waals surface area contributed by atoms with Crippen LogP contribution < -0.4 is 16.2 Å².